The van der Waals surface area contributed by atoms with Crippen LogP contribution in [0.5, 0.6) is 0 Å². The van der Waals surface area contributed by atoms with E-state index >= 15 is 0 Å². The number of hydrogen-bond acceptors (Lipinski definition) is 5. The van der Waals surface area contributed by atoms with E-state index in [1.807, 2.05) is 0 Å². The molecule has 0 saturated heterocycles. The van der Waals surface area contributed by atoms with Crippen LogP contribution in [-0.2, 0) is 4.74 Å². The van der Waals surface area contributed by atoms with E-state index in [0.29, 0.717) is 5.56 Å². The summed E-state index contributed by atoms with van der Waals surface area (Å²) >= 11 is 0. The van der Waals surface area contributed by atoms with Gasteiger partial charge in [-0.3, -0.25) is 0 Å². The van der Waals surface area contributed by atoms with Gasteiger partial charge in [0.1, 0.15) is 0 Å². The fraction of sp³-hybridized carbons (Fsp3) is 0.182. The molecule has 0 fully saturated rings. The zero-order chi connectivity index (χ0) is 12.7. The van der Waals surface area contributed by atoms with Crippen LogP contribution in [0.1, 0.15) is 22.8 Å². The number of benzene rings is 1. The number of carbonyl (C=O) groups is 2. The van der Waals surface area contributed by atoms with E-state index < -0.39 is 12.1 Å². The van der Waals surface area contributed by atoms with Crippen molar-refractivity contribution >= 4 is 18.3 Å². The Morgan fingerprint density at radius 1 is 1.41 bits per heavy atom. The summed E-state index contributed by atoms with van der Waals surface area (Å²) in [4.78, 5) is 21.3. The summed E-state index contributed by atoms with van der Waals surface area (Å²) in [5, 5.41) is 14.1. The highest BCUT2D eigenvalue weighted by Crippen LogP contribution is 2.00. The lowest BCUT2D eigenvalue weighted by Gasteiger charge is -2.01. The van der Waals surface area contributed by atoms with Crippen molar-refractivity contribution in [3.63, 3.8) is 0 Å². The van der Waals surface area contributed by atoms with E-state index in [9.17, 15) is 14.7 Å². The molecule has 1 aromatic rings. The van der Waals surface area contributed by atoms with Crippen LogP contribution in [0.4, 0.5) is 4.79 Å². The highest BCUT2D eigenvalue weighted by molar-refractivity contribution is 5.88. The second kappa shape index (κ2) is 6.26. The van der Waals surface area contributed by atoms with Gasteiger partial charge in [0.15, 0.2) is 0 Å². The third-order valence-corrected chi connectivity index (χ3v) is 1.79. The van der Waals surface area contributed by atoms with E-state index in [0.717, 1.165) is 0 Å². The van der Waals surface area contributed by atoms with Crippen LogP contribution in [-0.4, -0.2) is 24.9 Å². The number of carboxylic acids is 1. The third kappa shape index (κ3) is 4.33. The minimum absolute atomic E-state index is 0.0838. The van der Waals surface area contributed by atoms with Gasteiger partial charge in [-0.2, -0.15) is 5.10 Å². The molecule has 1 N–H and O–H groups in total. The van der Waals surface area contributed by atoms with Crippen LogP contribution in [0.3, 0.4) is 0 Å². The molecule has 90 valence electrons. The van der Waals surface area contributed by atoms with Crippen LogP contribution in [0.2, 0.25) is 0 Å². The Hall–Kier alpha value is -2.37. The topological polar surface area (TPSA) is 90.8 Å². The average Bonchev–Trinajstić information content (AvgIpc) is 2.30. The average molecular weight is 235 g/mol. The molecule has 0 aliphatic carbocycles. The molecule has 0 atom stereocenters. The Morgan fingerprint density at radius 2 is 2.06 bits per heavy atom. The van der Waals surface area contributed by atoms with Crippen molar-refractivity contribution in [1.82, 2.24) is 5.43 Å². The number of nitrogens with zero attached hydrogens (tertiary/aromatic N) is 1. The highest BCUT2D eigenvalue weighted by Gasteiger charge is 1.96. The Kier molecular flexibility index (Phi) is 4.68. The third-order valence-electron chi connectivity index (χ3n) is 1.79. The van der Waals surface area contributed by atoms with Crippen LogP contribution in [0, 0.1) is 0 Å². The first-order valence-electron chi connectivity index (χ1n) is 4.90. The monoisotopic (exact) mass is 235 g/mol. The first kappa shape index (κ1) is 12.7. The minimum Gasteiger partial charge on any atom is -0.545 e. The summed E-state index contributed by atoms with van der Waals surface area (Å²) in [6.07, 6.45) is 0.728. The predicted octanol–water partition coefficient (Wildman–Crippen LogP) is 0.130. The van der Waals surface area contributed by atoms with Crippen LogP contribution in [0.15, 0.2) is 29.4 Å². The molecule has 0 spiro atoms. The Bertz CT molecular complexity index is 426. The Balaban J connectivity index is 2.54. The van der Waals surface area contributed by atoms with E-state index in [2.05, 4.69) is 15.3 Å². The van der Waals surface area contributed by atoms with Gasteiger partial charge in [0.2, 0.25) is 0 Å². The molecule has 0 aliphatic heterocycles. The smallest absolute Gasteiger partial charge is 0.427 e. The van der Waals surface area contributed by atoms with E-state index in [1.165, 1.54) is 18.3 Å². The number of amides is 1. The second-order valence-corrected chi connectivity index (χ2v) is 3.00. The van der Waals surface area contributed by atoms with Crippen molar-refractivity contribution in [1.29, 1.82) is 0 Å². The molecule has 0 unspecified atom stereocenters. The Morgan fingerprint density at radius 3 is 2.59 bits per heavy atom. The van der Waals surface area contributed by atoms with Gasteiger partial charge < -0.3 is 14.6 Å². The van der Waals surface area contributed by atoms with Gasteiger partial charge in [0.25, 0.3) is 0 Å². The van der Waals surface area contributed by atoms with Gasteiger partial charge in [-0.25, -0.2) is 10.2 Å². The quantitative estimate of drug-likeness (QED) is 0.593. The number of hydrogen-bond donors (Lipinski definition) is 1. The van der Waals surface area contributed by atoms with Crippen molar-refractivity contribution in [2.24, 2.45) is 5.10 Å². The molecule has 1 rings (SSSR count). The summed E-state index contributed by atoms with van der Waals surface area (Å²) < 4.78 is 4.58. The number of carboxylic acid groups (broad SMARTS) is 1. The van der Waals surface area contributed by atoms with Crippen LogP contribution in [0.25, 0.3) is 0 Å². The van der Waals surface area contributed by atoms with Crippen molar-refractivity contribution < 1.29 is 19.4 Å². The van der Waals surface area contributed by atoms with Gasteiger partial charge in [-0.05, 0) is 18.1 Å². The van der Waals surface area contributed by atoms with Crippen LogP contribution < -0.4 is 10.5 Å². The SMILES string of the molecule is CCOC(=O)N/N=C\c1ccc(C(=O)[O-])cc1. The van der Waals surface area contributed by atoms with Crippen molar-refractivity contribution in [3.05, 3.63) is 35.4 Å². The van der Waals surface area contributed by atoms with E-state index in [-0.39, 0.29) is 12.2 Å². The lowest BCUT2D eigenvalue weighted by atomic mass is 10.1. The molecule has 0 radical (unpaired) electrons. The largest absolute Gasteiger partial charge is 0.545 e. The lowest BCUT2D eigenvalue weighted by molar-refractivity contribution is -0.255. The van der Waals surface area contributed by atoms with Crippen molar-refractivity contribution in [3.8, 4) is 0 Å². The first-order chi connectivity index (χ1) is 8.13. The van der Waals surface area contributed by atoms with Gasteiger partial charge >= 0.3 is 6.09 Å². The summed E-state index contributed by atoms with van der Waals surface area (Å²) in [7, 11) is 0. The summed E-state index contributed by atoms with van der Waals surface area (Å²) in [5.74, 6) is -1.24. The van der Waals surface area contributed by atoms with Crippen LogP contribution >= 0.6 is 0 Å². The minimum atomic E-state index is -1.24. The zero-order valence-corrected chi connectivity index (χ0v) is 9.17. The number of nitrogens with one attached hydrogen (secondary N) is 1. The number of ether oxygens (including phenoxy) is 1. The summed E-state index contributed by atoms with van der Waals surface area (Å²) in [6, 6.07) is 5.87. The number of aromatic carboxylic acids is 1. The molecule has 0 bridgehead atoms. The maximum absolute atomic E-state index is 10.8. The molecular weight excluding hydrogens is 224 g/mol. The van der Waals surface area contributed by atoms with Gasteiger partial charge in [0.05, 0.1) is 18.8 Å². The Labute approximate surface area is 97.9 Å². The molecule has 0 aromatic heterocycles. The highest BCUT2D eigenvalue weighted by atomic mass is 16.5. The van der Waals surface area contributed by atoms with E-state index in [1.54, 1.807) is 19.1 Å². The maximum atomic E-state index is 10.8. The van der Waals surface area contributed by atoms with Crippen molar-refractivity contribution in [2.75, 3.05) is 6.61 Å². The first-order valence-corrected chi connectivity index (χ1v) is 4.90. The van der Waals surface area contributed by atoms with Gasteiger partial charge in [0, 0.05) is 0 Å². The summed E-state index contributed by atoms with van der Waals surface area (Å²) in [6.45, 7) is 1.95. The predicted molar refractivity (Wildman–Crippen MR) is 58.5 cm³/mol. The number of carbonyl (C=O) groups excluding carboxylic acids is 2. The molecule has 1 aromatic carbocycles. The second-order valence-electron chi connectivity index (χ2n) is 3.00. The normalized spacial score (nSPS) is 10.2. The fourth-order valence-corrected chi connectivity index (χ4v) is 1.03. The van der Waals surface area contributed by atoms with Gasteiger partial charge in [-0.1, -0.05) is 24.3 Å². The molecule has 0 saturated carbocycles. The summed E-state index contributed by atoms with van der Waals surface area (Å²) in [5.41, 5.74) is 2.88. The van der Waals surface area contributed by atoms with E-state index in [4.69, 9.17) is 0 Å². The number of rotatable bonds is 4. The molecule has 1 amide bonds. The van der Waals surface area contributed by atoms with Gasteiger partial charge in [-0.15, -0.1) is 0 Å². The zero-order valence-electron chi connectivity index (χ0n) is 9.17. The number of hydrazone groups is 1. The standard InChI is InChI=1S/C11H12N2O4/c1-2-17-11(16)13-12-7-8-3-5-9(6-4-8)10(14)15/h3-7H,2H2,1H3,(H,13,16)(H,14,15)/p-1/b12-7-. The molecule has 0 aliphatic rings. The molecule has 6 heteroatoms. The lowest BCUT2D eigenvalue weighted by Crippen LogP contribution is -2.22. The molecule has 0 heterocycles. The van der Waals surface area contributed by atoms with Crippen molar-refractivity contribution in [2.45, 2.75) is 6.92 Å². The fourth-order valence-electron chi connectivity index (χ4n) is 1.03. The molecule has 17 heavy (non-hydrogen) atoms. The molecule has 6 nitrogen and oxygen atoms in total. The molecular formula is C11H11N2O4-. The maximum Gasteiger partial charge on any atom is 0.427 e.